The van der Waals surface area contributed by atoms with Crippen LogP contribution in [0.25, 0.3) is 0 Å². The fourth-order valence-electron chi connectivity index (χ4n) is 3.42. The summed E-state index contributed by atoms with van der Waals surface area (Å²) in [7, 11) is 0. The van der Waals surface area contributed by atoms with Crippen LogP contribution in [0.3, 0.4) is 0 Å². The number of carbonyl (C=O) groups is 2. The van der Waals surface area contributed by atoms with Crippen molar-refractivity contribution in [1.82, 2.24) is 10.2 Å². The third-order valence-corrected chi connectivity index (χ3v) is 6.45. The van der Waals surface area contributed by atoms with Crippen LogP contribution in [-0.2, 0) is 21.9 Å². The second kappa shape index (κ2) is 13.0. The zero-order valence-electron chi connectivity index (χ0n) is 19.7. The molecule has 0 aliphatic heterocycles. The predicted octanol–water partition coefficient (Wildman–Crippen LogP) is 4.86. The van der Waals surface area contributed by atoms with Crippen molar-refractivity contribution in [2.45, 2.75) is 64.9 Å². The van der Waals surface area contributed by atoms with Gasteiger partial charge in [0.05, 0.1) is 10.7 Å². The number of aryl methyl sites for hydroxylation is 1. The number of nitrogens with one attached hydrogen (secondary N) is 1. The van der Waals surface area contributed by atoms with Crippen LogP contribution in [0, 0.1) is 17.0 Å². The van der Waals surface area contributed by atoms with Crippen LogP contribution >= 0.6 is 11.8 Å². The monoisotopic (exact) mass is 471 g/mol. The second-order valence-electron chi connectivity index (χ2n) is 8.17. The Balaban J connectivity index is 2.12. The summed E-state index contributed by atoms with van der Waals surface area (Å²) in [5, 5.41) is 13.8. The van der Waals surface area contributed by atoms with Crippen LogP contribution in [0.4, 0.5) is 5.69 Å². The van der Waals surface area contributed by atoms with Crippen molar-refractivity contribution in [3.63, 3.8) is 0 Å². The Morgan fingerprint density at radius 2 is 1.79 bits per heavy atom. The third-order valence-electron chi connectivity index (χ3n) is 5.46. The molecule has 0 saturated heterocycles. The summed E-state index contributed by atoms with van der Waals surface area (Å²) < 4.78 is 0. The molecule has 33 heavy (non-hydrogen) atoms. The van der Waals surface area contributed by atoms with Crippen molar-refractivity contribution in [3.8, 4) is 0 Å². The fourth-order valence-corrected chi connectivity index (χ4v) is 4.29. The molecule has 178 valence electrons. The van der Waals surface area contributed by atoms with Gasteiger partial charge in [0.25, 0.3) is 5.69 Å². The number of nitro groups is 1. The van der Waals surface area contributed by atoms with Crippen LogP contribution in [0.1, 0.15) is 50.3 Å². The maximum absolute atomic E-state index is 13.3. The van der Waals surface area contributed by atoms with Gasteiger partial charge in [-0.2, -0.15) is 0 Å². The Kier molecular flexibility index (Phi) is 10.4. The summed E-state index contributed by atoms with van der Waals surface area (Å²) in [6, 6.07) is 13.8. The SMILES string of the molecule is CC[C@@H](C)NC(=O)[C@H](CC)N(Cc1cccc(C)c1)C(=O)CSCc1ccc([N+](=O)[O-])cc1. The number of hydrogen-bond donors (Lipinski definition) is 1. The molecule has 2 atom stereocenters. The number of benzene rings is 2. The van der Waals surface area contributed by atoms with Gasteiger partial charge in [-0.15, -0.1) is 11.8 Å². The zero-order valence-corrected chi connectivity index (χ0v) is 20.6. The minimum atomic E-state index is -0.549. The first-order valence-corrected chi connectivity index (χ1v) is 12.4. The molecule has 0 radical (unpaired) electrons. The maximum Gasteiger partial charge on any atom is 0.269 e. The number of amides is 2. The summed E-state index contributed by atoms with van der Waals surface area (Å²) in [6.07, 6.45) is 1.34. The van der Waals surface area contributed by atoms with E-state index in [2.05, 4.69) is 5.32 Å². The molecule has 2 aromatic carbocycles. The van der Waals surface area contributed by atoms with Gasteiger partial charge in [-0.3, -0.25) is 19.7 Å². The molecule has 7 nitrogen and oxygen atoms in total. The highest BCUT2D eigenvalue weighted by atomic mass is 32.2. The molecule has 0 bridgehead atoms. The molecule has 0 spiro atoms. The summed E-state index contributed by atoms with van der Waals surface area (Å²) in [6.45, 7) is 8.25. The van der Waals surface area contributed by atoms with Gasteiger partial charge in [0.1, 0.15) is 6.04 Å². The van der Waals surface area contributed by atoms with E-state index >= 15 is 0 Å². The number of hydrogen-bond acceptors (Lipinski definition) is 5. The maximum atomic E-state index is 13.3. The number of non-ortho nitro benzene ring substituents is 1. The molecular weight excluding hydrogens is 438 g/mol. The molecule has 2 rings (SSSR count). The summed E-state index contributed by atoms with van der Waals surface area (Å²) >= 11 is 1.44. The number of nitro benzene ring substituents is 1. The van der Waals surface area contributed by atoms with Gasteiger partial charge in [-0.1, -0.05) is 55.8 Å². The van der Waals surface area contributed by atoms with Crippen LogP contribution < -0.4 is 5.32 Å². The normalized spacial score (nSPS) is 12.6. The molecule has 0 aliphatic rings. The van der Waals surface area contributed by atoms with E-state index < -0.39 is 11.0 Å². The van der Waals surface area contributed by atoms with Gasteiger partial charge in [-0.25, -0.2) is 0 Å². The van der Waals surface area contributed by atoms with E-state index in [0.717, 1.165) is 23.1 Å². The van der Waals surface area contributed by atoms with Crippen LogP contribution in [0.15, 0.2) is 48.5 Å². The minimum absolute atomic E-state index is 0.0407. The van der Waals surface area contributed by atoms with Crippen LogP contribution in [-0.4, -0.2) is 39.5 Å². The van der Waals surface area contributed by atoms with Gasteiger partial charge in [0, 0.05) is 30.5 Å². The molecule has 0 aromatic heterocycles. The molecule has 0 unspecified atom stereocenters. The molecule has 0 saturated carbocycles. The molecule has 0 aliphatic carbocycles. The van der Waals surface area contributed by atoms with Crippen molar-refractivity contribution >= 4 is 29.3 Å². The zero-order chi connectivity index (χ0) is 24.4. The fraction of sp³-hybridized carbons (Fsp3) is 0.440. The van der Waals surface area contributed by atoms with Crippen LogP contribution in [0.5, 0.6) is 0 Å². The smallest absolute Gasteiger partial charge is 0.269 e. The highest BCUT2D eigenvalue weighted by Gasteiger charge is 2.29. The van der Waals surface area contributed by atoms with E-state index in [1.807, 2.05) is 52.0 Å². The first kappa shape index (κ1) is 26.4. The van der Waals surface area contributed by atoms with Crippen LogP contribution in [0.2, 0.25) is 0 Å². The third kappa shape index (κ3) is 8.20. The lowest BCUT2D eigenvalue weighted by atomic mass is 10.1. The Hall–Kier alpha value is -2.87. The second-order valence-corrected chi connectivity index (χ2v) is 9.15. The van der Waals surface area contributed by atoms with Gasteiger partial charge >= 0.3 is 0 Å². The van der Waals surface area contributed by atoms with Crippen molar-refractivity contribution in [2.75, 3.05) is 5.75 Å². The van der Waals surface area contributed by atoms with Gasteiger partial charge in [0.2, 0.25) is 11.8 Å². The number of carbonyl (C=O) groups excluding carboxylic acids is 2. The highest BCUT2D eigenvalue weighted by Crippen LogP contribution is 2.19. The Morgan fingerprint density at radius 3 is 2.36 bits per heavy atom. The van der Waals surface area contributed by atoms with Crippen molar-refractivity contribution in [3.05, 3.63) is 75.3 Å². The standard InChI is InChI=1S/C25H33N3O4S/c1-5-19(4)26-25(30)23(6-2)27(15-21-9-7-8-18(3)14-21)24(29)17-33-16-20-10-12-22(13-11-20)28(31)32/h7-14,19,23H,5-6,15-17H2,1-4H3,(H,26,30)/t19-,23+/m1/s1. The molecule has 1 N–H and O–H groups in total. The highest BCUT2D eigenvalue weighted by molar-refractivity contribution is 7.99. The molecule has 0 heterocycles. The predicted molar refractivity (Wildman–Crippen MR) is 133 cm³/mol. The summed E-state index contributed by atoms with van der Waals surface area (Å²) in [5.74, 6) is 0.538. The van der Waals surface area contributed by atoms with Gasteiger partial charge < -0.3 is 10.2 Å². The molecular formula is C25H33N3O4S. The average molecular weight is 472 g/mol. The lowest BCUT2D eigenvalue weighted by Gasteiger charge is -2.31. The van der Waals surface area contributed by atoms with E-state index in [-0.39, 0.29) is 29.3 Å². The van der Waals surface area contributed by atoms with E-state index in [4.69, 9.17) is 0 Å². The number of nitrogens with zero attached hydrogens (tertiary/aromatic N) is 2. The topological polar surface area (TPSA) is 92.6 Å². The minimum Gasteiger partial charge on any atom is -0.352 e. The van der Waals surface area contributed by atoms with E-state index in [0.29, 0.717) is 18.7 Å². The Bertz CT molecular complexity index is 949. The quantitative estimate of drug-likeness (QED) is 0.353. The van der Waals surface area contributed by atoms with E-state index in [1.54, 1.807) is 17.0 Å². The Morgan fingerprint density at radius 1 is 1.09 bits per heavy atom. The van der Waals surface area contributed by atoms with Crippen molar-refractivity contribution < 1.29 is 14.5 Å². The number of rotatable bonds is 12. The first-order valence-electron chi connectivity index (χ1n) is 11.2. The van der Waals surface area contributed by atoms with Crippen molar-refractivity contribution in [2.24, 2.45) is 0 Å². The first-order chi connectivity index (χ1) is 15.7. The molecule has 8 heteroatoms. The molecule has 0 fully saturated rings. The van der Waals surface area contributed by atoms with E-state index in [1.165, 1.54) is 23.9 Å². The van der Waals surface area contributed by atoms with E-state index in [9.17, 15) is 19.7 Å². The average Bonchev–Trinajstić information content (AvgIpc) is 2.79. The lowest BCUT2D eigenvalue weighted by molar-refractivity contribution is -0.384. The molecule has 2 aromatic rings. The summed E-state index contributed by atoms with van der Waals surface area (Å²) in [5.41, 5.74) is 3.04. The number of thioether (sulfide) groups is 1. The molecule has 2 amide bonds. The lowest BCUT2D eigenvalue weighted by Crippen LogP contribution is -2.51. The van der Waals surface area contributed by atoms with Gasteiger partial charge in [0.15, 0.2) is 0 Å². The van der Waals surface area contributed by atoms with Gasteiger partial charge in [-0.05, 0) is 37.8 Å². The largest absolute Gasteiger partial charge is 0.352 e. The van der Waals surface area contributed by atoms with Crippen molar-refractivity contribution in [1.29, 1.82) is 0 Å². The summed E-state index contributed by atoms with van der Waals surface area (Å²) in [4.78, 5) is 38.3. The Labute approximate surface area is 200 Å².